The molecule has 0 aliphatic carbocycles. The van der Waals surface area contributed by atoms with Gasteiger partial charge in [-0.25, -0.2) is 0 Å². The van der Waals surface area contributed by atoms with E-state index in [0.29, 0.717) is 0 Å². The molecule has 14 heavy (non-hydrogen) atoms. The first-order chi connectivity index (χ1) is 6.50. The quantitative estimate of drug-likeness (QED) is 0.613. The summed E-state index contributed by atoms with van der Waals surface area (Å²) in [4.78, 5) is 2.45. The van der Waals surface area contributed by atoms with E-state index < -0.39 is 0 Å². The second-order valence-electron chi connectivity index (χ2n) is 4.67. The minimum atomic E-state index is 0.208. The van der Waals surface area contributed by atoms with Gasteiger partial charge < -0.3 is 4.90 Å². The van der Waals surface area contributed by atoms with Gasteiger partial charge in [0.15, 0.2) is 0 Å². The van der Waals surface area contributed by atoms with Gasteiger partial charge in [0.2, 0.25) is 0 Å². The van der Waals surface area contributed by atoms with Gasteiger partial charge in [-0.1, -0.05) is 18.7 Å². The van der Waals surface area contributed by atoms with E-state index >= 15 is 0 Å². The van der Waals surface area contributed by atoms with E-state index in [0.717, 1.165) is 13.0 Å². The minimum Gasteiger partial charge on any atom is -0.366 e. The third-order valence-corrected chi connectivity index (χ3v) is 2.66. The highest BCUT2D eigenvalue weighted by Gasteiger charge is 2.29. The molecule has 1 aliphatic rings. The third kappa shape index (κ3) is 2.09. The molecule has 0 bridgehead atoms. The molecule has 0 aromatic carbocycles. The van der Waals surface area contributed by atoms with Gasteiger partial charge in [-0.2, -0.15) is 0 Å². The van der Waals surface area contributed by atoms with Crippen LogP contribution in [-0.4, -0.2) is 17.0 Å². The zero-order valence-corrected chi connectivity index (χ0v) is 9.80. The molecule has 0 N–H and O–H groups in total. The summed E-state index contributed by atoms with van der Waals surface area (Å²) < 4.78 is 0. The Kier molecular flexibility index (Phi) is 3.20. The molecule has 1 saturated heterocycles. The summed E-state index contributed by atoms with van der Waals surface area (Å²) in [6, 6.07) is 0. The van der Waals surface area contributed by atoms with Gasteiger partial charge in [-0.15, -0.1) is 0 Å². The van der Waals surface area contributed by atoms with Gasteiger partial charge in [-0.3, -0.25) is 0 Å². The van der Waals surface area contributed by atoms with Crippen molar-refractivity contribution in [3.63, 3.8) is 0 Å². The Morgan fingerprint density at radius 3 is 2.43 bits per heavy atom. The van der Waals surface area contributed by atoms with Crippen molar-refractivity contribution in [1.29, 1.82) is 0 Å². The SMILES string of the molecule is C=CC=C1/C(=C\C)CCN1C(C)(C)C. The van der Waals surface area contributed by atoms with Crippen LogP contribution in [0.5, 0.6) is 0 Å². The molecule has 1 fully saturated rings. The van der Waals surface area contributed by atoms with Gasteiger partial charge in [0.05, 0.1) is 0 Å². The van der Waals surface area contributed by atoms with Crippen molar-refractivity contribution in [3.8, 4) is 0 Å². The van der Waals surface area contributed by atoms with Crippen molar-refractivity contribution in [1.82, 2.24) is 4.90 Å². The molecule has 0 amide bonds. The van der Waals surface area contributed by atoms with Crippen molar-refractivity contribution in [2.75, 3.05) is 6.54 Å². The fourth-order valence-corrected chi connectivity index (χ4v) is 1.95. The van der Waals surface area contributed by atoms with E-state index in [-0.39, 0.29) is 5.54 Å². The molecule has 1 heteroatoms. The van der Waals surface area contributed by atoms with Gasteiger partial charge in [-0.05, 0) is 45.8 Å². The molecule has 0 atom stereocenters. The molecule has 0 unspecified atom stereocenters. The standard InChI is InChI=1S/C13H21N/c1-6-8-12-11(7-2)9-10-14(12)13(3,4)5/h6-8H,1,9-10H2,2-5H3/b11-7-,12-8?. The topological polar surface area (TPSA) is 3.24 Å². The molecule has 0 saturated carbocycles. The number of likely N-dealkylation sites (tertiary alicyclic amines) is 1. The first-order valence-electron chi connectivity index (χ1n) is 5.26. The van der Waals surface area contributed by atoms with E-state index in [9.17, 15) is 0 Å². The second kappa shape index (κ2) is 4.04. The van der Waals surface area contributed by atoms with Crippen LogP contribution in [-0.2, 0) is 0 Å². The van der Waals surface area contributed by atoms with Crippen LogP contribution in [0.1, 0.15) is 34.1 Å². The highest BCUT2D eigenvalue weighted by molar-refractivity contribution is 5.37. The summed E-state index contributed by atoms with van der Waals surface area (Å²) in [7, 11) is 0. The van der Waals surface area contributed by atoms with Gasteiger partial charge in [0.25, 0.3) is 0 Å². The Hall–Kier alpha value is -0.980. The van der Waals surface area contributed by atoms with Gasteiger partial charge in [0, 0.05) is 17.8 Å². The number of hydrogen-bond donors (Lipinski definition) is 0. The highest BCUT2D eigenvalue weighted by atomic mass is 15.2. The Morgan fingerprint density at radius 1 is 1.36 bits per heavy atom. The molecule has 0 spiro atoms. The molecule has 0 aromatic rings. The highest BCUT2D eigenvalue weighted by Crippen LogP contribution is 2.33. The fourth-order valence-electron chi connectivity index (χ4n) is 1.95. The van der Waals surface area contributed by atoms with Crippen molar-refractivity contribution < 1.29 is 0 Å². The predicted molar refractivity (Wildman–Crippen MR) is 63.1 cm³/mol. The minimum absolute atomic E-state index is 0.208. The summed E-state index contributed by atoms with van der Waals surface area (Å²) >= 11 is 0. The number of rotatable bonds is 1. The van der Waals surface area contributed by atoms with Crippen LogP contribution in [0.25, 0.3) is 0 Å². The van der Waals surface area contributed by atoms with Crippen LogP contribution in [0.3, 0.4) is 0 Å². The Morgan fingerprint density at radius 2 is 2.00 bits per heavy atom. The Labute approximate surface area is 87.8 Å². The predicted octanol–water partition coefficient (Wildman–Crippen LogP) is 3.51. The average Bonchev–Trinajstić information content (AvgIpc) is 2.47. The monoisotopic (exact) mass is 191 g/mol. The zero-order chi connectivity index (χ0) is 10.8. The molecule has 0 radical (unpaired) electrons. The maximum absolute atomic E-state index is 3.78. The Balaban J connectivity index is 3.02. The number of hydrogen-bond acceptors (Lipinski definition) is 1. The van der Waals surface area contributed by atoms with Crippen LogP contribution in [0, 0.1) is 0 Å². The lowest BCUT2D eigenvalue weighted by molar-refractivity contribution is 0.214. The van der Waals surface area contributed by atoms with Gasteiger partial charge >= 0.3 is 0 Å². The maximum atomic E-state index is 3.78. The molecular weight excluding hydrogens is 170 g/mol. The molecule has 1 aliphatic heterocycles. The molecule has 1 nitrogen and oxygen atoms in total. The smallest absolute Gasteiger partial charge is 0.0400 e. The number of allylic oxidation sites excluding steroid dienone is 4. The number of nitrogens with zero attached hydrogens (tertiary/aromatic N) is 1. The third-order valence-electron chi connectivity index (χ3n) is 2.66. The Bertz CT molecular complexity index is 276. The second-order valence-corrected chi connectivity index (χ2v) is 4.67. The van der Waals surface area contributed by atoms with E-state index in [1.165, 1.54) is 11.3 Å². The molecule has 78 valence electrons. The van der Waals surface area contributed by atoms with Crippen LogP contribution in [0.2, 0.25) is 0 Å². The van der Waals surface area contributed by atoms with E-state index in [1.54, 1.807) is 0 Å². The van der Waals surface area contributed by atoms with Gasteiger partial charge in [0.1, 0.15) is 0 Å². The zero-order valence-electron chi connectivity index (χ0n) is 9.80. The van der Waals surface area contributed by atoms with Crippen LogP contribution >= 0.6 is 0 Å². The summed E-state index contributed by atoms with van der Waals surface area (Å²) in [5.74, 6) is 0. The lowest BCUT2D eigenvalue weighted by Gasteiger charge is -2.34. The van der Waals surface area contributed by atoms with E-state index in [2.05, 4.69) is 51.3 Å². The largest absolute Gasteiger partial charge is 0.366 e. The summed E-state index contributed by atoms with van der Waals surface area (Å²) in [5.41, 5.74) is 2.99. The van der Waals surface area contributed by atoms with E-state index in [1.807, 2.05) is 6.08 Å². The average molecular weight is 191 g/mol. The van der Waals surface area contributed by atoms with Crippen molar-refractivity contribution in [3.05, 3.63) is 36.1 Å². The first-order valence-corrected chi connectivity index (χ1v) is 5.26. The van der Waals surface area contributed by atoms with Crippen LogP contribution in [0.4, 0.5) is 0 Å². The molecule has 0 aromatic heterocycles. The van der Waals surface area contributed by atoms with Crippen molar-refractivity contribution in [2.24, 2.45) is 0 Å². The van der Waals surface area contributed by atoms with Crippen LogP contribution < -0.4 is 0 Å². The summed E-state index contributed by atoms with van der Waals surface area (Å²) in [6.07, 6.45) is 7.37. The summed E-state index contributed by atoms with van der Waals surface area (Å²) in [5, 5.41) is 0. The molecule has 1 rings (SSSR count). The van der Waals surface area contributed by atoms with Crippen molar-refractivity contribution in [2.45, 2.75) is 39.7 Å². The summed E-state index contributed by atoms with van der Waals surface area (Å²) in [6.45, 7) is 13.8. The van der Waals surface area contributed by atoms with E-state index in [4.69, 9.17) is 0 Å². The lowest BCUT2D eigenvalue weighted by atomic mass is 10.1. The lowest BCUT2D eigenvalue weighted by Crippen LogP contribution is -2.37. The maximum Gasteiger partial charge on any atom is 0.0400 e. The molecule has 1 heterocycles. The van der Waals surface area contributed by atoms with Crippen molar-refractivity contribution >= 4 is 0 Å². The fraction of sp³-hybridized carbons (Fsp3) is 0.538. The van der Waals surface area contributed by atoms with Crippen LogP contribution in [0.15, 0.2) is 36.1 Å². The first kappa shape index (κ1) is 11.1. The normalized spacial score (nSPS) is 23.6. The molecular formula is C13H21N.